The van der Waals surface area contributed by atoms with Gasteiger partial charge in [0, 0.05) is 0 Å². The molecular formula is C20H22N2O4. The van der Waals surface area contributed by atoms with Crippen molar-refractivity contribution < 1.29 is 19.4 Å². The fourth-order valence-corrected chi connectivity index (χ4v) is 3.06. The zero-order chi connectivity index (χ0) is 18.5. The van der Waals surface area contributed by atoms with Gasteiger partial charge in [-0.1, -0.05) is 29.8 Å². The molecule has 2 aromatic carbocycles. The SMILES string of the molecule is Cc1ccc(Oc2ccccc2NC(=O)CN2CCC[C@H]2C(=O)O)cc1. The van der Waals surface area contributed by atoms with Gasteiger partial charge in [-0.3, -0.25) is 14.5 Å². The van der Waals surface area contributed by atoms with Gasteiger partial charge in [0.15, 0.2) is 5.75 Å². The summed E-state index contributed by atoms with van der Waals surface area (Å²) < 4.78 is 5.87. The number of nitrogens with one attached hydrogen (secondary N) is 1. The summed E-state index contributed by atoms with van der Waals surface area (Å²) in [6.45, 7) is 2.67. The van der Waals surface area contributed by atoms with Crippen LogP contribution in [0.15, 0.2) is 48.5 Å². The predicted octanol–water partition coefficient (Wildman–Crippen LogP) is 3.27. The van der Waals surface area contributed by atoms with E-state index in [1.54, 1.807) is 17.0 Å². The molecule has 1 amide bonds. The maximum atomic E-state index is 12.4. The van der Waals surface area contributed by atoms with Crippen LogP contribution >= 0.6 is 0 Å². The van der Waals surface area contributed by atoms with Crippen molar-refractivity contribution in [3.8, 4) is 11.5 Å². The van der Waals surface area contributed by atoms with E-state index in [-0.39, 0.29) is 12.5 Å². The number of carboxylic acid groups (broad SMARTS) is 1. The van der Waals surface area contributed by atoms with E-state index >= 15 is 0 Å². The number of benzene rings is 2. The van der Waals surface area contributed by atoms with Gasteiger partial charge in [0.25, 0.3) is 0 Å². The number of para-hydroxylation sites is 2. The van der Waals surface area contributed by atoms with Crippen LogP contribution in [0.4, 0.5) is 5.69 Å². The lowest BCUT2D eigenvalue weighted by molar-refractivity contribution is -0.142. The van der Waals surface area contributed by atoms with Gasteiger partial charge in [-0.05, 0) is 50.6 Å². The minimum Gasteiger partial charge on any atom is -0.480 e. The summed E-state index contributed by atoms with van der Waals surface area (Å²) in [4.78, 5) is 25.3. The van der Waals surface area contributed by atoms with Crippen molar-refractivity contribution in [2.75, 3.05) is 18.4 Å². The van der Waals surface area contributed by atoms with E-state index in [1.165, 1.54) is 0 Å². The van der Waals surface area contributed by atoms with Crippen molar-refractivity contribution in [3.05, 3.63) is 54.1 Å². The van der Waals surface area contributed by atoms with Gasteiger partial charge >= 0.3 is 5.97 Å². The van der Waals surface area contributed by atoms with Crippen LogP contribution in [0, 0.1) is 6.92 Å². The topological polar surface area (TPSA) is 78.9 Å². The smallest absolute Gasteiger partial charge is 0.320 e. The average molecular weight is 354 g/mol. The fraction of sp³-hybridized carbons (Fsp3) is 0.300. The number of amides is 1. The second-order valence-electron chi connectivity index (χ2n) is 6.43. The monoisotopic (exact) mass is 354 g/mol. The zero-order valence-corrected chi connectivity index (χ0v) is 14.6. The Bertz CT molecular complexity index is 789. The molecule has 6 heteroatoms. The molecule has 0 bridgehead atoms. The maximum Gasteiger partial charge on any atom is 0.320 e. The highest BCUT2D eigenvalue weighted by molar-refractivity contribution is 5.94. The summed E-state index contributed by atoms with van der Waals surface area (Å²) in [6.07, 6.45) is 1.37. The molecule has 3 rings (SSSR count). The van der Waals surface area contributed by atoms with Crippen LogP contribution in [0.3, 0.4) is 0 Å². The number of ether oxygens (including phenoxy) is 1. The van der Waals surface area contributed by atoms with Gasteiger partial charge in [-0.2, -0.15) is 0 Å². The minimum absolute atomic E-state index is 0.0514. The van der Waals surface area contributed by atoms with Crippen molar-refractivity contribution in [2.45, 2.75) is 25.8 Å². The first-order valence-corrected chi connectivity index (χ1v) is 8.63. The van der Waals surface area contributed by atoms with Crippen LogP contribution in [0.2, 0.25) is 0 Å². The summed E-state index contributed by atoms with van der Waals surface area (Å²) in [5.74, 6) is 0.0974. The Labute approximate surface area is 152 Å². The number of likely N-dealkylation sites (tertiary alicyclic amines) is 1. The van der Waals surface area contributed by atoms with Crippen LogP contribution in [0.25, 0.3) is 0 Å². The van der Waals surface area contributed by atoms with Gasteiger partial charge < -0.3 is 15.2 Å². The third-order valence-electron chi connectivity index (χ3n) is 4.41. The summed E-state index contributed by atoms with van der Waals surface area (Å²) in [5.41, 5.74) is 1.70. The highest BCUT2D eigenvalue weighted by atomic mass is 16.5. The molecule has 0 saturated carbocycles. The van der Waals surface area contributed by atoms with Gasteiger partial charge in [0.1, 0.15) is 11.8 Å². The van der Waals surface area contributed by atoms with E-state index in [2.05, 4.69) is 5.32 Å². The molecule has 1 saturated heterocycles. The van der Waals surface area contributed by atoms with Gasteiger partial charge in [-0.25, -0.2) is 0 Å². The Balaban J connectivity index is 1.67. The van der Waals surface area contributed by atoms with Gasteiger partial charge in [0.2, 0.25) is 5.91 Å². The van der Waals surface area contributed by atoms with Crippen molar-refractivity contribution >= 4 is 17.6 Å². The number of anilines is 1. The Morgan fingerprint density at radius 2 is 1.92 bits per heavy atom. The normalized spacial score (nSPS) is 17.0. The van der Waals surface area contributed by atoms with Gasteiger partial charge in [0.05, 0.1) is 12.2 Å². The number of carbonyl (C=O) groups is 2. The quantitative estimate of drug-likeness (QED) is 0.832. The standard InChI is InChI=1S/C20H22N2O4/c1-14-8-10-15(11-9-14)26-18-7-3-2-5-16(18)21-19(23)13-22-12-4-6-17(22)20(24)25/h2-3,5,7-11,17H,4,6,12-13H2,1H3,(H,21,23)(H,24,25)/t17-/m0/s1. The third kappa shape index (κ3) is 4.40. The molecule has 0 aromatic heterocycles. The molecule has 0 unspecified atom stereocenters. The lowest BCUT2D eigenvalue weighted by Gasteiger charge is -2.20. The summed E-state index contributed by atoms with van der Waals surface area (Å²) >= 11 is 0. The number of rotatable bonds is 6. The average Bonchev–Trinajstić information content (AvgIpc) is 3.07. The van der Waals surface area contributed by atoms with Gasteiger partial charge in [-0.15, -0.1) is 0 Å². The second kappa shape index (κ2) is 8.01. The molecule has 2 N–H and O–H groups in total. The third-order valence-corrected chi connectivity index (χ3v) is 4.41. The molecule has 136 valence electrons. The lowest BCUT2D eigenvalue weighted by atomic mass is 10.2. The van der Waals surface area contributed by atoms with Crippen LogP contribution in [-0.2, 0) is 9.59 Å². The lowest BCUT2D eigenvalue weighted by Crippen LogP contribution is -2.40. The first-order chi connectivity index (χ1) is 12.5. The number of hydrogen-bond acceptors (Lipinski definition) is 4. The molecule has 1 atom stereocenters. The molecular weight excluding hydrogens is 332 g/mol. The molecule has 1 aliphatic rings. The first kappa shape index (κ1) is 17.9. The Hall–Kier alpha value is -2.86. The molecule has 1 aliphatic heterocycles. The Kier molecular flexibility index (Phi) is 5.53. The number of carboxylic acids is 1. The summed E-state index contributed by atoms with van der Waals surface area (Å²) in [6, 6.07) is 14.3. The van der Waals surface area contributed by atoms with Crippen LogP contribution in [-0.4, -0.2) is 41.0 Å². The van der Waals surface area contributed by atoms with Crippen LogP contribution in [0.1, 0.15) is 18.4 Å². The van der Waals surface area contributed by atoms with Crippen molar-refractivity contribution in [2.24, 2.45) is 0 Å². The first-order valence-electron chi connectivity index (χ1n) is 8.63. The van der Waals surface area contributed by atoms with Crippen molar-refractivity contribution in [3.63, 3.8) is 0 Å². The molecule has 1 fully saturated rings. The second-order valence-corrected chi connectivity index (χ2v) is 6.43. The zero-order valence-electron chi connectivity index (χ0n) is 14.6. The fourth-order valence-electron chi connectivity index (χ4n) is 3.06. The number of nitrogens with zero attached hydrogens (tertiary/aromatic N) is 1. The molecule has 6 nitrogen and oxygen atoms in total. The van der Waals surface area contributed by atoms with E-state index in [4.69, 9.17) is 4.74 Å². The molecule has 2 aromatic rings. The minimum atomic E-state index is -0.876. The van der Waals surface area contributed by atoms with Crippen molar-refractivity contribution in [1.29, 1.82) is 0 Å². The highest BCUT2D eigenvalue weighted by Gasteiger charge is 2.31. The van der Waals surface area contributed by atoms with Crippen LogP contribution < -0.4 is 10.1 Å². The predicted molar refractivity (Wildman–Crippen MR) is 98.6 cm³/mol. The van der Waals surface area contributed by atoms with Crippen molar-refractivity contribution in [1.82, 2.24) is 4.90 Å². The number of aliphatic carboxylic acids is 1. The van der Waals surface area contributed by atoms with E-state index in [0.29, 0.717) is 30.2 Å². The number of aryl methyl sites for hydroxylation is 1. The van der Waals surface area contributed by atoms with E-state index in [9.17, 15) is 14.7 Å². The van der Waals surface area contributed by atoms with E-state index in [1.807, 2.05) is 43.3 Å². The van der Waals surface area contributed by atoms with Crippen LogP contribution in [0.5, 0.6) is 11.5 Å². The number of carbonyl (C=O) groups excluding carboxylic acids is 1. The summed E-state index contributed by atoms with van der Waals surface area (Å²) in [5, 5.41) is 12.1. The molecule has 26 heavy (non-hydrogen) atoms. The maximum absolute atomic E-state index is 12.4. The molecule has 1 heterocycles. The molecule has 0 aliphatic carbocycles. The van der Waals surface area contributed by atoms with E-state index in [0.717, 1.165) is 12.0 Å². The number of hydrogen-bond donors (Lipinski definition) is 2. The largest absolute Gasteiger partial charge is 0.480 e. The Morgan fingerprint density at radius 1 is 1.19 bits per heavy atom. The molecule has 0 radical (unpaired) electrons. The highest BCUT2D eigenvalue weighted by Crippen LogP contribution is 2.29. The Morgan fingerprint density at radius 3 is 2.65 bits per heavy atom. The summed E-state index contributed by atoms with van der Waals surface area (Å²) in [7, 11) is 0. The van der Waals surface area contributed by atoms with E-state index < -0.39 is 12.0 Å². The molecule has 0 spiro atoms.